The number of halogens is 7. The van der Waals surface area contributed by atoms with Crippen molar-refractivity contribution in [1.29, 1.82) is 0 Å². The van der Waals surface area contributed by atoms with Gasteiger partial charge in [-0.2, -0.15) is 13.2 Å². The third kappa shape index (κ3) is 7.74. The van der Waals surface area contributed by atoms with Crippen LogP contribution in [0.5, 0.6) is 5.75 Å². The Bertz CT molecular complexity index is 1710. The Hall–Kier alpha value is -4.17. The van der Waals surface area contributed by atoms with Crippen LogP contribution in [0.1, 0.15) is 51.6 Å². The molecule has 1 heterocycles. The fourth-order valence-corrected chi connectivity index (χ4v) is 6.01. The summed E-state index contributed by atoms with van der Waals surface area (Å²) in [6.45, 7) is 0. The molecule has 15 heteroatoms. The van der Waals surface area contributed by atoms with E-state index in [-0.39, 0.29) is 17.2 Å². The molecule has 2 N–H and O–H groups in total. The number of imidazole rings is 1. The van der Waals surface area contributed by atoms with Crippen molar-refractivity contribution < 1.29 is 50.9 Å². The van der Waals surface area contributed by atoms with Crippen molar-refractivity contribution in [3.05, 3.63) is 105 Å². The van der Waals surface area contributed by atoms with Gasteiger partial charge in [0.1, 0.15) is 23.2 Å². The second kappa shape index (κ2) is 13.9. The summed E-state index contributed by atoms with van der Waals surface area (Å²) in [4.78, 5) is 24.9. The van der Waals surface area contributed by atoms with Crippen LogP contribution < -0.4 is 4.74 Å². The number of thioether (sulfide) groups is 1. The molecular weight excluding hydrogens is 650 g/mol. The van der Waals surface area contributed by atoms with Crippen molar-refractivity contribution in [2.45, 2.75) is 42.3 Å². The van der Waals surface area contributed by atoms with Gasteiger partial charge in [-0.15, -0.1) is 0 Å². The van der Waals surface area contributed by atoms with Crippen molar-refractivity contribution >= 4 is 35.3 Å². The van der Waals surface area contributed by atoms with E-state index in [0.29, 0.717) is 28.0 Å². The lowest BCUT2D eigenvalue weighted by Gasteiger charge is -2.26. The number of carbonyl (C=O) groups is 2. The molecular formula is C30H23ClF6N2O5S. The van der Waals surface area contributed by atoms with Gasteiger partial charge in [0, 0.05) is 22.9 Å². The number of ether oxygens (including phenoxy) is 1. The molecule has 238 valence electrons. The highest BCUT2D eigenvalue weighted by Crippen LogP contribution is 2.42. The van der Waals surface area contributed by atoms with Crippen molar-refractivity contribution in [2.75, 3.05) is 7.11 Å². The Kier molecular flexibility index (Phi) is 10.4. The lowest BCUT2D eigenvalue weighted by atomic mass is 9.84. The van der Waals surface area contributed by atoms with Crippen LogP contribution in [0.3, 0.4) is 0 Å². The average molecular weight is 673 g/mol. The van der Waals surface area contributed by atoms with Crippen molar-refractivity contribution in [3.8, 4) is 11.4 Å². The molecule has 1 aliphatic carbocycles. The number of nitrogens with zero attached hydrogens (tertiary/aromatic N) is 2. The zero-order chi connectivity index (χ0) is 33.1. The standard InChI is InChI=1S/C28H22ClF3N2O3S.C2HF3O2/c1-37-25-13-15(5-10-21(25)29)19-3-2-4-24-26(19)34(18-8-6-17(30)7-9-18)28(33-24)38-14-20-22(31)11-16(27(35)36)12-23(20)32;3-2(4,5)1(6)7/h5-13,19H,2-4,14H2,1H3,(H,35,36);(H,6,7). The first-order chi connectivity index (χ1) is 21.2. The number of rotatable bonds is 7. The number of carboxylic acid groups (broad SMARTS) is 2. The van der Waals surface area contributed by atoms with Gasteiger partial charge in [-0.25, -0.2) is 27.7 Å². The number of benzene rings is 3. The van der Waals surface area contributed by atoms with E-state index in [1.54, 1.807) is 25.3 Å². The van der Waals surface area contributed by atoms with Gasteiger partial charge in [-0.3, -0.25) is 4.57 Å². The number of aryl methyl sites for hydroxylation is 1. The van der Waals surface area contributed by atoms with E-state index < -0.39 is 41.1 Å². The van der Waals surface area contributed by atoms with Crippen molar-refractivity contribution in [3.63, 3.8) is 0 Å². The van der Waals surface area contributed by atoms with E-state index in [4.69, 9.17) is 36.3 Å². The molecule has 0 aliphatic heterocycles. The lowest BCUT2D eigenvalue weighted by molar-refractivity contribution is -0.192. The van der Waals surface area contributed by atoms with Crippen LogP contribution in [-0.4, -0.2) is 45.0 Å². The van der Waals surface area contributed by atoms with Crippen LogP contribution >= 0.6 is 23.4 Å². The first kappa shape index (κ1) is 33.7. The predicted octanol–water partition coefficient (Wildman–Crippen LogP) is 8.04. The van der Waals surface area contributed by atoms with Gasteiger partial charge >= 0.3 is 18.1 Å². The van der Waals surface area contributed by atoms with Crippen LogP contribution in [0, 0.1) is 17.5 Å². The molecule has 1 aromatic heterocycles. The Balaban J connectivity index is 0.000000591. The molecule has 1 unspecified atom stereocenters. The summed E-state index contributed by atoms with van der Waals surface area (Å²) in [5.74, 6) is -6.07. The minimum absolute atomic E-state index is 0.0693. The minimum Gasteiger partial charge on any atom is -0.495 e. The van der Waals surface area contributed by atoms with Gasteiger partial charge in [0.05, 0.1) is 29.1 Å². The highest BCUT2D eigenvalue weighted by Gasteiger charge is 2.38. The van der Waals surface area contributed by atoms with Gasteiger partial charge in [0.2, 0.25) is 0 Å². The lowest BCUT2D eigenvalue weighted by Crippen LogP contribution is -2.21. The number of methoxy groups -OCH3 is 1. The van der Waals surface area contributed by atoms with Crippen LogP contribution in [0.25, 0.3) is 5.69 Å². The molecule has 45 heavy (non-hydrogen) atoms. The monoisotopic (exact) mass is 672 g/mol. The molecule has 1 atom stereocenters. The maximum Gasteiger partial charge on any atom is 0.490 e. The van der Waals surface area contributed by atoms with E-state index in [1.165, 1.54) is 12.1 Å². The summed E-state index contributed by atoms with van der Waals surface area (Å²) in [5.41, 5.74) is 2.70. The summed E-state index contributed by atoms with van der Waals surface area (Å²) >= 11 is 7.39. The SMILES string of the molecule is COc1cc(C2CCCc3nc(SCc4c(F)cc(C(=O)O)cc4F)n(-c4ccc(F)cc4)c32)ccc1Cl.O=C(O)C(F)(F)F. The van der Waals surface area contributed by atoms with Crippen LogP contribution in [0.15, 0.2) is 59.8 Å². The third-order valence-corrected chi connectivity index (χ3v) is 8.11. The van der Waals surface area contributed by atoms with Crippen LogP contribution in [0.4, 0.5) is 26.3 Å². The maximum atomic E-state index is 14.6. The van der Waals surface area contributed by atoms with Gasteiger partial charge in [-0.1, -0.05) is 29.4 Å². The molecule has 0 saturated heterocycles. The predicted molar refractivity (Wildman–Crippen MR) is 153 cm³/mol. The number of hydrogen-bond donors (Lipinski definition) is 2. The second-order valence-electron chi connectivity index (χ2n) is 9.69. The average Bonchev–Trinajstić information content (AvgIpc) is 3.35. The Morgan fingerprint density at radius 2 is 1.67 bits per heavy atom. The topological polar surface area (TPSA) is 102 Å². The Morgan fingerprint density at radius 1 is 1.04 bits per heavy atom. The summed E-state index contributed by atoms with van der Waals surface area (Å²) in [5, 5.41) is 17.2. The molecule has 0 bridgehead atoms. The van der Waals surface area contributed by atoms with Crippen LogP contribution in [-0.2, 0) is 17.0 Å². The van der Waals surface area contributed by atoms with E-state index in [9.17, 15) is 31.1 Å². The summed E-state index contributed by atoms with van der Waals surface area (Å²) in [6, 6.07) is 13.2. The molecule has 7 nitrogen and oxygen atoms in total. The molecule has 0 spiro atoms. The molecule has 3 aromatic carbocycles. The smallest absolute Gasteiger partial charge is 0.490 e. The Labute approximate surface area is 261 Å². The zero-order valence-electron chi connectivity index (χ0n) is 23.2. The van der Waals surface area contributed by atoms with E-state index in [0.717, 1.165) is 53.7 Å². The quantitative estimate of drug-likeness (QED) is 0.151. The van der Waals surface area contributed by atoms with Gasteiger partial charge < -0.3 is 14.9 Å². The maximum absolute atomic E-state index is 14.6. The number of aromatic carboxylic acids is 1. The van der Waals surface area contributed by atoms with Crippen LogP contribution in [0.2, 0.25) is 5.02 Å². The fraction of sp³-hybridized carbons (Fsp3) is 0.233. The number of carboxylic acids is 2. The largest absolute Gasteiger partial charge is 0.495 e. The zero-order valence-corrected chi connectivity index (χ0v) is 24.7. The number of alkyl halides is 3. The molecule has 4 aromatic rings. The normalized spacial score (nSPS) is 14.3. The number of aliphatic carboxylic acids is 1. The molecule has 0 amide bonds. The summed E-state index contributed by atoms with van der Waals surface area (Å²) < 4.78 is 82.2. The highest BCUT2D eigenvalue weighted by atomic mass is 35.5. The molecule has 5 rings (SSSR count). The second-order valence-corrected chi connectivity index (χ2v) is 11.0. The van der Waals surface area contributed by atoms with Crippen molar-refractivity contribution in [2.24, 2.45) is 0 Å². The first-order valence-corrected chi connectivity index (χ1v) is 14.4. The first-order valence-electron chi connectivity index (χ1n) is 13.1. The van der Waals surface area contributed by atoms with Crippen molar-refractivity contribution in [1.82, 2.24) is 9.55 Å². The molecule has 0 fully saturated rings. The summed E-state index contributed by atoms with van der Waals surface area (Å²) in [6.07, 6.45) is -2.66. The van der Waals surface area contributed by atoms with Gasteiger partial charge in [0.25, 0.3) is 0 Å². The third-order valence-electron chi connectivity index (χ3n) is 6.83. The molecule has 0 saturated carbocycles. The molecule has 1 aliphatic rings. The van der Waals surface area contributed by atoms with Gasteiger partial charge in [0.15, 0.2) is 5.16 Å². The van der Waals surface area contributed by atoms with E-state index in [1.807, 2.05) is 16.7 Å². The van der Waals surface area contributed by atoms with E-state index >= 15 is 0 Å². The van der Waals surface area contributed by atoms with E-state index in [2.05, 4.69) is 0 Å². The number of hydrogen-bond acceptors (Lipinski definition) is 5. The Morgan fingerprint density at radius 3 is 2.22 bits per heavy atom. The van der Waals surface area contributed by atoms with Gasteiger partial charge in [-0.05, 0) is 73.4 Å². The number of aromatic nitrogens is 2. The fourth-order valence-electron chi connectivity index (χ4n) is 4.76. The summed E-state index contributed by atoms with van der Waals surface area (Å²) in [7, 11) is 1.55. The number of fused-ring (bicyclic) bond motifs is 1. The highest BCUT2D eigenvalue weighted by molar-refractivity contribution is 7.98. The molecule has 0 radical (unpaired) electrons. The minimum atomic E-state index is -5.08.